The van der Waals surface area contributed by atoms with Crippen LogP contribution in [0.25, 0.3) is 0 Å². The molecule has 0 fully saturated rings. The lowest BCUT2D eigenvalue weighted by molar-refractivity contribution is -0.137. The maximum absolute atomic E-state index is 12.6. The van der Waals surface area contributed by atoms with Crippen molar-refractivity contribution in [2.45, 2.75) is 17.6 Å². The highest BCUT2D eigenvalue weighted by atomic mass is 32.2. The van der Waals surface area contributed by atoms with Gasteiger partial charge in [0, 0.05) is 12.2 Å². The molecular weight excluding hydrogens is 319 g/mol. The topological polar surface area (TPSA) is 66.4 Å². The molecule has 2 N–H and O–H groups in total. The van der Waals surface area contributed by atoms with Crippen molar-refractivity contribution in [3.63, 3.8) is 0 Å². The fraction of sp³-hybridized carbons (Fsp3) is 0.143. The molecular formula is C14H12F3NO3S. The van der Waals surface area contributed by atoms with Crippen LogP contribution in [-0.4, -0.2) is 13.0 Å². The first-order chi connectivity index (χ1) is 10.2. The van der Waals surface area contributed by atoms with Crippen LogP contribution in [0.4, 0.5) is 18.9 Å². The average molecular weight is 331 g/mol. The van der Waals surface area contributed by atoms with Crippen molar-refractivity contribution in [3.05, 3.63) is 59.7 Å². The monoisotopic (exact) mass is 331 g/mol. The lowest BCUT2D eigenvalue weighted by Gasteiger charge is -2.10. The third kappa shape index (κ3) is 4.22. The van der Waals surface area contributed by atoms with Crippen LogP contribution in [0.1, 0.15) is 11.1 Å². The van der Waals surface area contributed by atoms with E-state index in [-0.39, 0.29) is 11.4 Å². The highest BCUT2D eigenvalue weighted by Crippen LogP contribution is 2.29. The predicted octanol–water partition coefficient (Wildman–Crippen LogP) is 3.56. The summed E-state index contributed by atoms with van der Waals surface area (Å²) in [4.78, 5) is -0.290. The number of hydrogen-bond acceptors (Lipinski definition) is 3. The SMILES string of the molecule is O=S(=O)(O)c1cccc(NCc2cccc(C(F)(F)F)c2)c1. The molecule has 0 saturated heterocycles. The lowest BCUT2D eigenvalue weighted by atomic mass is 10.1. The van der Waals surface area contributed by atoms with Gasteiger partial charge in [-0.25, -0.2) is 0 Å². The number of halogens is 3. The van der Waals surface area contributed by atoms with Gasteiger partial charge >= 0.3 is 6.18 Å². The van der Waals surface area contributed by atoms with Gasteiger partial charge in [0.2, 0.25) is 0 Å². The van der Waals surface area contributed by atoms with Gasteiger partial charge < -0.3 is 5.32 Å². The van der Waals surface area contributed by atoms with Gasteiger partial charge in [-0.1, -0.05) is 18.2 Å². The second-order valence-corrected chi connectivity index (χ2v) is 5.98. The fourth-order valence-electron chi connectivity index (χ4n) is 1.83. The minimum absolute atomic E-state index is 0.0822. The summed E-state index contributed by atoms with van der Waals surface area (Å²) in [5, 5.41) is 2.81. The number of benzene rings is 2. The summed E-state index contributed by atoms with van der Waals surface area (Å²) in [6, 6.07) is 10.2. The molecule has 4 nitrogen and oxygen atoms in total. The van der Waals surface area contributed by atoms with E-state index in [0.29, 0.717) is 11.3 Å². The zero-order valence-corrected chi connectivity index (χ0v) is 11.9. The Balaban J connectivity index is 2.14. The fourth-order valence-corrected chi connectivity index (χ4v) is 2.35. The molecule has 0 aliphatic rings. The molecule has 0 heterocycles. The molecule has 0 amide bonds. The number of anilines is 1. The van der Waals surface area contributed by atoms with E-state index in [1.807, 2.05) is 0 Å². The molecule has 2 aromatic rings. The van der Waals surface area contributed by atoms with Crippen LogP contribution < -0.4 is 5.32 Å². The second kappa shape index (κ2) is 5.98. The van der Waals surface area contributed by atoms with Crippen LogP contribution in [0, 0.1) is 0 Å². The molecule has 22 heavy (non-hydrogen) atoms. The minimum atomic E-state index is -4.42. The molecule has 8 heteroatoms. The van der Waals surface area contributed by atoms with Crippen molar-refractivity contribution in [1.29, 1.82) is 0 Å². The van der Waals surface area contributed by atoms with Crippen molar-refractivity contribution in [2.75, 3.05) is 5.32 Å². The summed E-state index contributed by atoms with van der Waals surface area (Å²) in [6.45, 7) is 0.0822. The van der Waals surface area contributed by atoms with E-state index in [2.05, 4.69) is 5.32 Å². The zero-order chi connectivity index (χ0) is 16.4. The Morgan fingerprint density at radius 3 is 2.36 bits per heavy atom. The van der Waals surface area contributed by atoms with E-state index < -0.39 is 21.9 Å². The molecule has 0 radical (unpaired) electrons. The molecule has 0 aromatic heterocycles. The Hall–Kier alpha value is -2.06. The van der Waals surface area contributed by atoms with Gasteiger partial charge in [0.05, 0.1) is 10.5 Å². The molecule has 0 aliphatic carbocycles. The largest absolute Gasteiger partial charge is 0.416 e. The van der Waals surface area contributed by atoms with Gasteiger partial charge in [0.1, 0.15) is 0 Å². The maximum atomic E-state index is 12.6. The molecule has 0 spiro atoms. The molecule has 2 rings (SSSR count). The van der Waals surface area contributed by atoms with Gasteiger partial charge in [-0.2, -0.15) is 21.6 Å². The van der Waals surface area contributed by atoms with Crippen LogP contribution in [0.3, 0.4) is 0 Å². The molecule has 118 valence electrons. The van der Waals surface area contributed by atoms with Crippen LogP contribution in [0.5, 0.6) is 0 Å². The quantitative estimate of drug-likeness (QED) is 0.841. The highest BCUT2D eigenvalue weighted by Gasteiger charge is 2.30. The first kappa shape index (κ1) is 16.3. The third-order valence-electron chi connectivity index (χ3n) is 2.88. The Bertz CT molecular complexity index is 773. The third-order valence-corrected chi connectivity index (χ3v) is 3.73. The number of alkyl halides is 3. The van der Waals surface area contributed by atoms with Crippen molar-refractivity contribution in [3.8, 4) is 0 Å². The summed E-state index contributed by atoms with van der Waals surface area (Å²) < 4.78 is 68.8. The number of nitrogens with one attached hydrogen (secondary N) is 1. The van der Waals surface area contributed by atoms with E-state index in [9.17, 15) is 21.6 Å². The normalized spacial score (nSPS) is 12.2. The molecule has 0 saturated carbocycles. The van der Waals surface area contributed by atoms with Gasteiger partial charge in [-0.05, 0) is 35.9 Å². The van der Waals surface area contributed by atoms with Gasteiger partial charge in [0.25, 0.3) is 10.1 Å². The Morgan fingerprint density at radius 2 is 1.73 bits per heavy atom. The maximum Gasteiger partial charge on any atom is 0.416 e. The highest BCUT2D eigenvalue weighted by molar-refractivity contribution is 7.85. The van der Waals surface area contributed by atoms with E-state index in [0.717, 1.165) is 12.1 Å². The van der Waals surface area contributed by atoms with Crippen LogP contribution in [0.15, 0.2) is 53.4 Å². The smallest absolute Gasteiger partial charge is 0.381 e. The Morgan fingerprint density at radius 1 is 1.05 bits per heavy atom. The second-order valence-electron chi connectivity index (χ2n) is 4.55. The first-order valence-electron chi connectivity index (χ1n) is 6.14. The van der Waals surface area contributed by atoms with Gasteiger partial charge in [0.15, 0.2) is 0 Å². The summed E-state index contributed by atoms with van der Waals surface area (Å²) in [5.41, 5.74) is 0.0121. The van der Waals surface area contributed by atoms with E-state index in [1.165, 1.54) is 30.3 Å². The van der Waals surface area contributed by atoms with Crippen molar-refractivity contribution < 1.29 is 26.1 Å². The van der Waals surface area contributed by atoms with Crippen LogP contribution in [-0.2, 0) is 22.8 Å². The standard InChI is InChI=1S/C14H12F3NO3S/c15-14(16,17)11-4-1-3-10(7-11)9-18-12-5-2-6-13(8-12)22(19,20)21/h1-8,18H,9H2,(H,19,20,21). The van der Waals surface area contributed by atoms with Crippen molar-refractivity contribution >= 4 is 15.8 Å². The van der Waals surface area contributed by atoms with Crippen molar-refractivity contribution in [1.82, 2.24) is 0 Å². The van der Waals surface area contributed by atoms with Gasteiger partial charge in [-0.15, -0.1) is 0 Å². The molecule has 0 aliphatic heterocycles. The van der Waals surface area contributed by atoms with E-state index >= 15 is 0 Å². The predicted molar refractivity (Wildman–Crippen MR) is 75.0 cm³/mol. The number of hydrogen-bond donors (Lipinski definition) is 2. The average Bonchev–Trinajstić information content (AvgIpc) is 2.44. The molecule has 0 atom stereocenters. The van der Waals surface area contributed by atoms with Crippen molar-refractivity contribution in [2.24, 2.45) is 0 Å². The minimum Gasteiger partial charge on any atom is -0.381 e. The summed E-state index contributed by atoms with van der Waals surface area (Å²) in [5.74, 6) is 0. The zero-order valence-electron chi connectivity index (χ0n) is 11.1. The molecule has 2 aromatic carbocycles. The molecule has 0 bridgehead atoms. The van der Waals surface area contributed by atoms with E-state index in [1.54, 1.807) is 6.07 Å². The summed E-state index contributed by atoms with van der Waals surface area (Å²) in [6.07, 6.45) is -4.42. The summed E-state index contributed by atoms with van der Waals surface area (Å²) >= 11 is 0. The van der Waals surface area contributed by atoms with Gasteiger partial charge in [-0.3, -0.25) is 4.55 Å². The van der Waals surface area contributed by atoms with Crippen LogP contribution in [0.2, 0.25) is 0 Å². The lowest BCUT2D eigenvalue weighted by Crippen LogP contribution is -2.07. The van der Waals surface area contributed by atoms with E-state index in [4.69, 9.17) is 4.55 Å². The number of rotatable bonds is 4. The Kier molecular flexibility index (Phi) is 4.43. The Labute approximate surface area is 125 Å². The first-order valence-corrected chi connectivity index (χ1v) is 7.58. The molecule has 0 unspecified atom stereocenters. The summed E-state index contributed by atoms with van der Waals surface area (Å²) in [7, 11) is -4.32. The van der Waals surface area contributed by atoms with Crippen LogP contribution >= 0.6 is 0 Å².